The van der Waals surface area contributed by atoms with E-state index in [-0.39, 0.29) is 0 Å². The van der Waals surface area contributed by atoms with Crippen LogP contribution in [0, 0.1) is 5.92 Å². The van der Waals surface area contributed by atoms with Gasteiger partial charge < -0.3 is 5.73 Å². The molecule has 1 fully saturated rings. The van der Waals surface area contributed by atoms with Crippen molar-refractivity contribution in [3.05, 3.63) is 0 Å². The summed E-state index contributed by atoms with van der Waals surface area (Å²) >= 11 is 0. The van der Waals surface area contributed by atoms with Crippen LogP contribution in [0.5, 0.6) is 0 Å². The zero-order chi connectivity index (χ0) is 11.3. The molecule has 0 bridgehead atoms. The summed E-state index contributed by atoms with van der Waals surface area (Å²) in [4.78, 5) is 2.59. The van der Waals surface area contributed by atoms with Gasteiger partial charge in [0.2, 0.25) is 0 Å². The molecule has 0 aromatic carbocycles. The zero-order valence-corrected chi connectivity index (χ0v) is 10.7. The standard InChI is InChI=1S/C13H28N2/c1-4-6-7-12-8-13(14)10-15(9-12)11(3)5-2/h11-13H,4-10,14H2,1-3H3. The van der Waals surface area contributed by atoms with Gasteiger partial charge in [-0.15, -0.1) is 0 Å². The molecule has 3 atom stereocenters. The van der Waals surface area contributed by atoms with E-state index in [0.29, 0.717) is 12.1 Å². The molecule has 0 saturated carbocycles. The summed E-state index contributed by atoms with van der Waals surface area (Å²) in [6, 6.07) is 1.12. The van der Waals surface area contributed by atoms with Gasteiger partial charge in [0.15, 0.2) is 0 Å². The predicted molar refractivity (Wildman–Crippen MR) is 66.9 cm³/mol. The summed E-state index contributed by atoms with van der Waals surface area (Å²) in [5, 5.41) is 0. The summed E-state index contributed by atoms with van der Waals surface area (Å²) in [5.41, 5.74) is 6.14. The number of rotatable bonds is 5. The summed E-state index contributed by atoms with van der Waals surface area (Å²) in [6.07, 6.45) is 6.54. The van der Waals surface area contributed by atoms with Gasteiger partial charge in [0.05, 0.1) is 0 Å². The van der Waals surface area contributed by atoms with Crippen LogP contribution in [0.25, 0.3) is 0 Å². The zero-order valence-electron chi connectivity index (χ0n) is 10.7. The molecule has 1 rings (SSSR count). The molecule has 3 unspecified atom stereocenters. The molecule has 0 radical (unpaired) electrons. The molecule has 1 aliphatic heterocycles. The largest absolute Gasteiger partial charge is 0.327 e. The topological polar surface area (TPSA) is 29.3 Å². The van der Waals surface area contributed by atoms with Crippen molar-refractivity contribution in [2.75, 3.05) is 13.1 Å². The number of nitrogens with zero attached hydrogens (tertiary/aromatic N) is 1. The van der Waals surface area contributed by atoms with Gasteiger partial charge in [-0.3, -0.25) is 4.90 Å². The number of piperidine rings is 1. The highest BCUT2D eigenvalue weighted by Crippen LogP contribution is 2.23. The van der Waals surface area contributed by atoms with Gasteiger partial charge in [0, 0.05) is 25.2 Å². The highest BCUT2D eigenvalue weighted by Gasteiger charge is 2.26. The van der Waals surface area contributed by atoms with Crippen LogP contribution in [0.4, 0.5) is 0 Å². The van der Waals surface area contributed by atoms with Gasteiger partial charge in [0.1, 0.15) is 0 Å². The van der Waals surface area contributed by atoms with E-state index in [0.717, 1.165) is 12.5 Å². The maximum Gasteiger partial charge on any atom is 0.0171 e. The van der Waals surface area contributed by atoms with E-state index in [2.05, 4.69) is 25.7 Å². The van der Waals surface area contributed by atoms with Crippen LogP contribution < -0.4 is 5.73 Å². The van der Waals surface area contributed by atoms with Crippen LogP contribution in [0.2, 0.25) is 0 Å². The molecular weight excluding hydrogens is 184 g/mol. The Morgan fingerprint density at radius 1 is 1.33 bits per heavy atom. The van der Waals surface area contributed by atoms with E-state index in [9.17, 15) is 0 Å². The van der Waals surface area contributed by atoms with E-state index in [1.807, 2.05) is 0 Å². The Labute approximate surface area is 95.2 Å². The fourth-order valence-electron chi connectivity index (χ4n) is 2.60. The number of hydrogen-bond donors (Lipinski definition) is 1. The van der Waals surface area contributed by atoms with Crippen molar-refractivity contribution in [1.82, 2.24) is 4.90 Å². The van der Waals surface area contributed by atoms with Crippen molar-refractivity contribution >= 4 is 0 Å². The third-order valence-electron chi connectivity index (χ3n) is 3.78. The summed E-state index contributed by atoms with van der Waals surface area (Å²) < 4.78 is 0. The van der Waals surface area contributed by atoms with E-state index >= 15 is 0 Å². The Hall–Kier alpha value is -0.0800. The lowest BCUT2D eigenvalue weighted by atomic mass is 9.89. The van der Waals surface area contributed by atoms with Crippen LogP contribution in [0.1, 0.15) is 52.9 Å². The average molecular weight is 212 g/mol. The fourth-order valence-corrected chi connectivity index (χ4v) is 2.60. The molecule has 2 heteroatoms. The van der Waals surface area contributed by atoms with Crippen molar-refractivity contribution in [2.24, 2.45) is 11.7 Å². The van der Waals surface area contributed by atoms with E-state index in [4.69, 9.17) is 5.73 Å². The Morgan fingerprint density at radius 2 is 2.07 bits per heavy atom. The third kappa shape index (κ3) is 4.12. The molecule has 1 saturated heterocycles. The van der Waals surface area contributed by atoms with Crippen molar-refractivity contribution in [2.45, 2.75) is 65.0 Å². The first-order chi connectivity index (χ1) is 7.17. The van der Waals surface area contributed by atoms with Gasteiger partial charge in [-0.25, -0.2) is 0 Å². The highest BCUT2D eigenvalue weighted by atomic mass is 15.2. The van der Waals surface area contributed by atoms with Crippen molar-refractivity contribution < 1.29 is 0 Å². The summed E-state index contributed by atoms with van der Waals surface area (Å²) in [5.74, 6) is 0.850. The van der Waals surface area contributed by atoms with Gasteiger partial charge >= 0.3 is 0 Å². The minimum Gasteiger partial charge on any atom is -0.327 e. The molecule has 2 nitrogen and oxygen atoms in total. The first kappa shape index (κ1) is 13.0. The maximum absolute atomic E-state index is 6.14. The van der Waals surface area contributed by atoms with Crippen molar-refractivity contribution in [3.63, 3.8) is 0 Å². The number of nitrogens with two attached hydrogens (primary N) is 1. The minimum absolute atomic E-state index is 0.412. The monoisotopic (exact) mass is 212 g/mol. The predicted octanol–water partition coefficient (Wildman–Crippen LogP) is 2.62. The van der Waals surface area contributed by atoms with E-state index in [1.165, 1.54) is 38.6 Å². The van der Waals surface area contributed by atoms with Crippen LogP contribution in [0.3, 0.4) is 0 Å². The van der Waals surface area contributed by atoms with E-state index < -0.39 is 0 Å². The summed E-state index contributed by atoms with van der Waals surface area (Å²) in [6.45, 7) is 9.26. The number of hydrogen-bond acceptors (Lipinski definition) is 2. The SMILES string of the molecule is CCCCC1CC(N)CN(C(C)CC)C1. The highest BCUT2D eigenvalue weighted by molar-refractivity contribution is 4.83. The van der Waals surface area contributed by atoms with Crippen LogP contribution in [-0.2, 0) is 0 Å². The van der Waals surface area contributed by atoms with Crippen LogP contribution in [0.15, 0.2) is 0 Å². The molecule has 0 aliphatic carbocycles. The fraction of sp³-hybridized carbons (Fsp3) is 1.00. The quantitative estimate of drug-likeness (QED) is 0.759. The Bertz CT molecular complexity index is 170. The minimum atomic E-state index is 0.412. The Morgan fingerprint density at radius 3 is 2.67 bits per heavy atom. The van der Waals surface area contributed by atoms with E-state index in [1.54, 1.807) is 0 Å². The second-order valence-corrected chi connectivity index (χ2v) is 5.22. The maximum atomic E-state index is 6.14. The smallest absolute Gasteiger partial charge is 0.0171 e. The normalized spacial score (nSPS) is 30.4. The molecule has 15 heavy (non-hydrogen) atoms. The number of likely N-dealkylation sites (tertiary alicyclic amines) is 1. The second-order valence-electron chi connectivity index (χ2n) is 5.22. The van der Waals surface area contributed by atoms with Crippen molar-refractivity contribution in [1.29, 1.82) is 0 Å². The lowest BCUT2D eigenvalue weighted by Gasteiger charge is -2.39. The summed E-state index contributed by atoms with van der Waals surface area (Å²) in [7, 11) is 0. The average Bonchev–Trinajstić information content (AvgIpc) is 2.24. The van der Waals surface area contributed by atoms with Gasteiger partial charge in [-0.1, -0.05) is 26.7 Å². The molecular formula is C13H28N2. The lowest BCUT2D eigenvalue weighted by Crippen LogP contribution is -2.50. The van der Waals surface area contributed by atoms with Gasteiger partial charge in [-0.2, -0.15) is 0 Å². The van der Waals surface area contributed by atoms with Gasteiger partial charge in [0.25, 0.3) is 0 Å². The van der Waals surface area contributed by atoms with Crippen LogP contribution in [-0.4, -0.2) is 30.1 Å². The lowest BCUT2D eigenvalue weighted by molar-refractivity contribution is 0.109. The molecule has 0 aromatic rings. The molecule has 1 aliphatic rings. The molecule has 90 valence electrons. The first-order valence-corrected chi connectivity index (χ1v) is 6.67. The second kappa shape index (κ2) is 6.49. The van der Waals surface area contributed by atoms with Crippen molar-refractivity contribution in [3.8, 4) is 0 Å². The molecule has 0 amide bonds. The third-order valence-corrected chi connectivity index (χ3v) is 3.78. The van der Waals surface area contributed by atoms with Gasteiger partial charge in [-0.05, 0) is 32.1 Å². The molecule has 1 heterocycles. The Kier molecular flexibility index (Phi) is 5.62. The first-order valence-electron chi connectivity index (χ1n) is 6.67. The van der Waals surface area contributed by atoms with Crippen LogP contribution >= 0.6 is 0 Å². The molecule has 2 N–H and O–H groups in total. The molecule has 0 spiro atoms. The number of unbranched alkanes of at least 4 members (excludes halogenated alkanes) is 1. The Balaban J connectivity index is 2.40. The molecule has 0 aromatic heterocycles.